The lowest BCUT2D eigenvalue weighted by atomic mass is 9.93. The fourth-order valence-corrected chi connectivity index (χ4v) is 3.60. The van der Waals surface area contributed by atoms with Gasteiger partial charge in [0.05, 0.1) is 0 Å². The predicted molar refractivity (Wildman–Crippen MR) is 95.2 cm³/mol. The third-order valence-electron chi connectivity index (χ3n) is 5.21. The molecule has 2 saturated heterocycles. The summed E-state index contributed by atoms with van der Waals surface area (Å²) in [5, 5.41) is 3.21. The molecule has 3 rings (SSSR count). The van der Waals surface area contributed by atoms with Gasteiger partial charge in [-0.05, 0) is 38.4 Å². The van der Waals surface area contributed by atoms with Crippen molar-refractivity contribution in [2.45, 2.75) is 38.1 Å². The first-order valence-corrected chi connectivity index (χ1v) is 9.15. The van der Waals surface area contributed by atoms with Crippen molar-refractivity contribution < 1.29 is 13.9 Å². The number of benzene rings is 1. The van der Waals surface area contributed by atoms with Gasteiger partial charge in [0, 0.05) is 32.2 Å². The summed E-state index contributed by atoms with van der Waals surface area (Å²) in [6.45, 7) is 6.17. The summed E-state index contributed by atoms with van der Waals surface area (Å²) < 4.78 is 20.3. The molecular weight excluding hydrogens is 321 g/mol. The maximum atomic E-state index is 14.9. The smallest absolute Gasteiger partial charge is 0.410 e. The fourth-order valence-electron chi connectivity index (χ4n) is 3.60. The van der Waals surface area contributed by atoms with E-state index in [1.165, 1.54) is 0 Å². The molecule has 0 bridgehead atoms. The molecule has 0 aliphatic carbocycles. The molecule has 5 nitrogen and oxygen atoms in total. The van der Waals surface area contributed by atoms with Gasteiger partial charge in [-0.25, -0.2) is 9.18 Å². The Hall–Kier alpha value is -1.66. The standard InChI is InChI=1S/C19H28FN3O2/c1-16-13-22(18(24)25-14-17-5-3-2-4-6-17)11-12-23(16)15-19(20)7-9-21-10-8-19/h2-6,16,21H,7-15H2,1H3/t16-/m0/s1. The third-order valence-corrected chi connectivity index (χ3v) is 5.21. The van der Waals surface area contributed by atoms with Gasteiger partial charge in [0.1, 0.15) is 12.3 Å². The number of carbonyl (C=O) groups excluding carboxylic acids is 1. The number of nitrogens with one attached hydrogen (secondary N) is 1. The molecule has 25 heavy (non-hydrogen) atoms. The van der Waals surface area contributed by atoms with Crippen LogP contribution in [0.5, 0.6) is 0 Å². The molecule has 2 aliphatic heterocycles. The van der Waals surface area contributed by atoms with Gasteiger partial charge >= 0.3 is 6.09 Å². The van der Waals surface area contributed by atoms with Gasteiger partial charge in [-0.1, -0.05) is 30.3 Å². The third kappa shape index (κ3) is 4.92. The second kappa shape index (κ2) is 8.15. The van der Waals surface area contributed by atoms with Crippen LogP contribution in [0.1, 0.15) is 25.3 Å². The number of piperazine rings is 1. The Bertz CT molecular complexity index is 563. The van der Waals surface area contributed by atoms with E-state index in [9.17, 15) is 9.18 Å². The van der Waals surface area contributed by atoms with Crippen LogP contribution in [0.3, 0.4) is 0 Å². The number of hydrogen-bond acceptors (Lipinski definition) is 4. The van der Waals surface area contributed by atoms with Crippen molar-refractivity contribution in [2.24, 2.45) is 0 Å². The van der Waals surface area contributed by atoms with Gasteiger partial charge in [0.2, 0.25) is 0 Å². The maximum Gasteiger partial charge on any atom is 0.410 e. The predicted octanol–water partition coefficient (Wildman–Crippen LogP) is 2.42. The summed E-state index contributed by atoms with van der Waals surface area (Å²) in [4.78, 5) is 16.2. The first-order chi connectivity index (χ1) is 12.1. The Morgan fingerprint density at radius 1 is 1.28 bits per heavy atom. The minimum absolute atomic E-state index is 0.139. The molecule has 2 fully saturated rings. The fraction of sp³-hybridized carbons (Fsp3) is 0.632. The zero-order chi connectivity index (χ0) is 17.7. The molecule has 6 heteroatoms. The number of alkyl halides is 1. The van der Waals surface area contributed by atoms with Crippen LogP contribution < -0.4 is 5.32 Å². The number of carbonyl (C=O) groups is 1. The zero-order valence-corrected chi connectivity index (χ0v) is 14.9. The van der Waals surface area contributed by atoms with Crippen LogP contribution in [0.15, 0.2) is 30.3 Å². The molecule has 0 unspecified atom stereocenters. The molecule has 1 aromatic carbocycles. The van der Waals surface area contributed by atoms with Crippen molar-refractivity contribution in [2.75, 3.05) is 39.3 Å². The van der Waals surface area contributed by atoms with Crippen molar-refractivity contribution in [3.05, 3.63) is 35.9 Å². The molecule has 0 radical (unpaired) electrons. The molecule has 1 atom stereocenters. The number of rotatable bonds is 4. The summed E-state index contributed by atoms with van der Waals surface area (Å²) in [5.74, 6) is 0. The van der Waals surface area contributed by atoms with E-state index in [1.807, 2.05) is 30.3 Å². The van der Waals surface area contributed by atoms with E-state index in [1.54, 1.807) is 4.90 Å². The molecule has 138 valence electrons. The van der Waals surface area contributed by atoms with Crippen LogP contribution in [0.4, 0.5) is 9.18 Å². The second-order valence-electron chi connectivity index (χ2n) is 7.21. The van der Waals surface area contributed by atoms with Crippen molar-refractivity contribution in [1.82, 2.24) is 15.1 Å². The van der Waals surface area contributed by atoms with Gasteiger partial charge < -0.3 is 15.0 Å². The number of hydrogen-bond donors (Lipinski definition) is 1. The lowest BCUT2D eigenvalue weighted by Gasteiger charge is -2.43. The van der Waals surface area contributed by atoms with Crippen LogP contribution in [0, 0.1) is 0 Å². The Balaban J connectivity index is 1.46. The Labute approximate surface area is 149 Å². The van der Waals surface area contributed by atoms with E-state index in [4.69, 9.17) is 4.74 Å². The topological polar surface area (TPSA) is 44.8 Å². The molecule has 2 aliphatic rings. The zero-order valence-electron chi connectivity index (χ0n) is 14.9. The molecule has 1 aromatic rings. The maximum absolute atomic E-state index is 14.9. The number of ether oxygens (including phenoxy) is 1. The highest BCUT2D eigenvalue weighted by molar-refractivity contribution is 5.67. The summed E-state index contributed by atoms with van der Waals surface area (Å²) in [7, 11) is 0. The largest absolute Gasteiger partial charge is 0.445 e. The van der Waals surface area contributed by atoms with Gasteiger partial charge in [-0.15, -0.1) is 0 Å². The Morgan fingerprint density at radius 2 is 2.00 bits per heavy atom. The molecule has 0 spiro atoms. The van der Waals surface area contributed by atoms with Gasteiger partial charge in [0.25, 0.3) is 0 Å². The Morgan fingerprint density at radius 3 is 2.68 bits per heavy atom. The van der Waals surface area contributed by atoms with Gasteiger partial charge in [-0.3, -0.25) is 4.90 Å². The number of piperidine rings is 1. The average Bonchev–Trinajstić information content (AvgIpc) is 2.63. The van der Waals surface area contributed by atoms with E-state index in [0.717, 1.165) is 18.7 Å². The molecule has 0 aromatic heterocycles. The summed E-state index contributed by atoms with van der Waals surface area (Å²) in [6, 6.07) is 9.81. The lowest BCUT2D eigenvalue weighted by molar-refractivity contribution is 0.00742. The van der Waals surface area contributed by atoms with Gasteiger partial charge in [0.15, 0.2) is 0 Å². The molecule has 0 saturated carbocycles. The van der Waals surface area contributed by atoms with E-state index in [0.29, 0.717) is 39.0 Å². The van der Waals surface area contributed by atoms with Crippen molar-refractivity contribution in [3.63, 3.8) is 0 Å². The molecular formula is C19H28FN3O2. The van der Waals surface area contributed by atoms with Crippen LogP contribution in [-0.4, -0.2) is 66.9 Å². The summed E-state index contributed by atoms with van der Waals surface area (Å²) >= 11 is 0. The number of nitrogens with zero attached hydrogens (tertiary/aromatic N) is 2. The first-order valence-electron chi connectivity index (χ1n) is 9.15. The molecule has 2 heterocycles. The van der Waals surface area contributed by atoms with Gasteiger partial charge in [-0.2, -0.15) is 0 Å². The Kier molecular flexibility index (Phi) is 5.91. The summed E-state index contributed by atoms with van der Waals surface area (Å²) in [5.41, 5.74) is -0.122. The minimum atomic E-state index is -1.10. The number of amides is 1. The average molecular weight is 349 g/mol. The monoisotopic (exact) mass is 349 g/mol. The SMILES string of the molecule is C[C@H]1CN(C(=O)OCc2ccccc2)CCN1CC1(F)CCNCC1. The van der Waals surface area contributed by atoms with Crippen molar-refractivity contribution >= 4 is 6.09 Å². The second-order valence-corrected chi connectivity index (χ2v) is 7.21. The van der Waals surface area contributed by atoms with Crippen molar-refractivity contribution in [3.8, 4) is 0 Å². The highest BCUT2D eigenvalue weighted by Crippen LogP contribution is 2.26. The highest BCUT2D eigenvalue weighted by Gasteiger charge is 2.37. The van der Waals surface area contributed by atoms with Crippen LogP contribution >= 0.6 is 0 Å². The highest BCUT2D eigenvalue weighted by atomic mass is 19.1. The van der Waals surface area contributed by atoms with Crippen molar-refractivity contribution in [1.29, 1.82) is 0 Å². The number of halogens is 1. The molecule has 1 N–H and O–H groups in total. The van der Waals surface area contributed by atoms with E-state index in [-0.39, 0.29) is 18.7 Å². The van der Waals surface area contributed by atoms with E-state index < -0.39 is 5.67 Å². The van der Waals surface area contributed by atoms with E-state index >= 15 is 0 Å². The summed E-state index contributed by atoms with van der Waals surface area (Å²) in [6.07, 6.45) is 0.852. The lowest BCUT2D eigenvalue weighted by Crippen LogP contribution is -2.57. The minimum Gasteiger partial charge on any atom is -0.445 e. The van der Waals surface area contributed by atoms with Crippen LogP contribution in [0.25, 0.3) is 0 Å². The molecule has 1 amide bonds. The van der Waals surface area contributed by atoms with Crippen LogP contribution in [0.2, 0.25) is 0 Å². The first kappa shape index (κ1) is 18.1. The normalized spacial score (nSPS) is 24.1. The van der Waals surface area contributed by atoms with E-state index in [2.05, 4.69) is 17.1 Å². The quantitative estimate of drug-likeness (QED) is 0.907. The van der Waals surface area contributed by atoms with Crippen LogP contribution in [-0.2, 0) is 11.3 Å².